The lowest BCUT2D eigenvalue weighted by Crippen LogP contribution is -2.42. The van der Waals surface area contributed by atoms with Gasteiger partial charge in [0.1, 0.15) is 0 Å². The third-order valence-electron chi connectivity index (χ3n) is 3.66. The van der Waals surface area contributed by atoms with Crippen LogP contribution in [-0.2, 0) is 5.41 Å². The lowest BCUT2D eigenvalue weighted by atomic mass is 9.69. The maximum atomic E-state index is 13.6. The molecule has 0 unspecified atom stereocenters. The molecule has 1 fully saturated rings. The topological polar surface area (TPSA) is 38.9 Å². The maximum Gasteiger partial charge on any atom is 0.248 e. The Morgan fingerprint density at radius 2 is 1.88 bits per heavy atom. The molecule has 0 aliphatic heterocycles. The van der Waals surface area contributed by atoms with Gasteiger partial charge in [-0.15, -0.1) is 0 Å². The standard InChI is InChI=1S/C12H15F3N2/c13-10-9(2-1-7-17-10)11(8-16)3-5-12(14,15)6-4-11/h1-2,7H,3-6,8,16H2. The molecule has 0 spiro atoms. The number of nitrogens with zero attached hydrogens (tertiary/aromatic N) is 1. The summed E-state index contributed by atoms with van der Waals surface area (Å²) in [4.78, 5) is 3.57. The molecule has 0 aromatic carbocycles. The summed E-state index contributed by atoms with van der Waals surface area (Å²) < 4.78 is 39.9. The molecule has 1 aromatic heterocycles. The molecule has 0 bridgehead atoms. The van der Waals surface area contributed by atoms with E-state index in [9.17, 15) is 13.2 Å². The molecule has 0 radical (unpaired) electrons. The van der Waals surface area contributed by atoms with Crippen molar-refractivity contribution in [2.24, 2.45) is 5.73 Å². The van der Waals surface area contributed by atoms with Crippen molar-refractivity contribution in [3.05, 3.63) is 29.8 Å². The van der Waals surface area contributed by atoms with Gasteiger partial charge in [-0.25, -0.2) is 13.8 Å². The molecule has 1 aromatic rings. The minimum Gasteiger partial charge on any atom is -0.330 e. The molecule has 2 N–H and O–H groups in total. The second kappa shape index (κ2) is 4.29. The fourth-order valence-electron chi connectivity index (χ4n) is 2.46. The summed E-state index contributed by atoms with van der Waals surface area (Å²) in [5, 5.41) is 0. The van der Waals surface area contributed by atoms with E-state index in [2.05, 4.69) is 4.98 Å². The molecule has 0 amide bonds. The van der Waals surface area contributed by atoms with Crippen LogP contribution >= 0.6 is 0 Å². The number of rotatable bonds is 2. The average molecular weight is 244 g/mol. The van der Waals surface area contributed by atoms with Gasteiger partial charge in [0.25, 0.3) is 0 Å². The van der Waals surface area contributed by atoms with E-state index in [0.29, 0.717) is 5.56 Å². The van der Waals surface area contributed by atoms with Gasteiger partial charge in [0, 0.05) is 36.6 Å². The van der Waals surface area contributed by atoms with Gasteiger partial charge >= 0.3 is 0 Å². The van der Waals surface area contributed by atoms with Crippen LogP contribution in [-0.4, -0.2) is 17.5 Å². The number of pyridine rings is 1. The molecule has 5 heteroatoms. The van der Waals surface area contributed by atoms with E-state index in [4.69, 9.17) is 5.73 Å². The number of aromatic nitrogens is 1. The van der Waals surface area contributed by atoms with E-state index in [0.717, 1.165) is 0 Å². The van der Waals surface area contributed by atoms with Gasteiger partial charge in [0.2, 0.25) is 11.9 Å². The highest BCUT2D eigenvalue weighted by Gasteiger charge is 2.44. The molecular weight excluding hydrogens is 229 g/mol. The van der Waals surface area contributed by atoms with Crippen LogP contribution in [0.1, 0.15) is 31.2 Å². The van der Waals surface area contributed by atoms with Crippen molar-refractivity contribution in [1.29, 1.82) is 0 Å². The van der Waals surface area contributed by atoms with Crippen LogP contribution in [0.3, 0.4) is 0 Å². The Morgan fingerprint density at radius 3 is 2.41 bits per heavy atom. The molecule has 0 atom stereocenters. The quantitative estimate of drug-likeness (QED) is 0.812. The second-order valence-corrected chi connectivity index (χ2v) is 4.68. The van der Waals surface area contributed by atoms with Crippen LogP contribution in [0.2, 0.25) is 0 Å². The Hall–Kier alpha value is -1.10. The molecular formula is C12H15F3N2. The second-order valence-electron chi connectivity index (χ2n) is 4.68. The van der Waals surface area contributed by atoms with E-state index in [1.165, 1.54) is 6.20 Å². The molecule has 94 valence electrons. The zero-order valence-corrected chi connectivity index (χ0v) is 9.43. The highest BCUT2D eigenvalue weighted by molar-refractivity contribution is 5.25. The monoisotopic (exact) mass is 244 g/mol. The van der Waals surface area contributed by atoms with Crippen LogP contribution in [0.25, 0.3) is 0 Å². The Balaban J connectivity index is 2.31. The molecule has 1 aliphatic carbocycles. The Bertz CT molecular complexity index is 396. The summed E-state index contributed by atoms with van der Waals surface area (Å²) in [6.45, 7) is 0.172. The summed E-state index contributed by atoms with van der Waals surface area (Å²) in [6.07, 6.45) is 1.29. The normalized spacial score (nSPS) is 22.4. The van der Waals surface area contributed by atoms with E-state index >= 15 is 0 Å². The third-order valence-corrected chi connectivity index (χ3v) is 3.66. The third kappa shape index (κ3) is 2.29. The number of alkyl halides is 2. The highest BCUT2D eigenvalue weighted by atomic mass is 19.3. The maximum absolute atomic E-state index is 13.6. The Kier molecular flexibility index (Phi) is 3.12. The highest BCUT2D eigenvalue weighted by Crippen LogP contribution is 2.45. The first kappa shape index (κ1) is 12.4. The van der Waals surface area contributed by atoms with E-state index in [1.54, 1.807) is 12.1 Å². The predicted octanol–water partition coefficient (Wildman–Crippen LogP) is 2.63. The van der Waals surface area contributed by atoms with Gasteiger partial charge < -0.3 is 5.73 Å². The van der Waals surface area contributed by atoms with Crippen LogP contribution in [0.15, 0.2) is 18.3 Å². The minimum atomic E-state index is -2.64. The van der Waals surface area contributed by atoms with Crippen molar-refractivity contribution >= 4 is 0 Å². The Labute approximate surface area is 98.0 Å². The van der Waals surface area contributed by atoms with Crippen LogP contribution in [0, 0.1) is 5.95 Å². The lowest BCUT2D eigenvalue weighted by molar-refractivity contribution is -0.0514. The molecule has 1 heterocycles. The van der Waals surface area contributed by atoms with Crippen molar-refractivity contribution in [2.75, 3.05) is 6.54 Å². The summed E-state index contributed by atoms with van der Waals surface area (Å²) in [5.74, 6) is -3.24. The van der Waals surface area contributed by atoms with E-state index in [1.807, 2.05) is 0 Å². The molecule has 2 rings (SSSR count). The predicted molar refractivity (Wildman–Crippen MR) is 58.3 cm³/mol. The van der Waals surface area contributed by atoms with Crippen LogP contribution < -0.4 is 5.73 Å². The zero-order chi connectivity index (χ0) is 12.5. The first-order valence-corrected chi connectivity index (χ1v) is 5.68. The number of halogens is 3. The van der Waals surface area contributed by atoms with Gasteiger partial charge in [0.05, 0.1) is 0 Å². The largest absolute Gasteiger partial charge is 0.330 e. The number of hydrogen-bond acceptors (Lipinski definition) is 2. The summed E-state index contributed by atoms with van der Waals surface area (Å²) in [6, 6.07) is 3.21. The first-order chi connectivity index (χ1) is 7.99. The van der Waals surface area contributed by atoms with Crippen molar-refractivity contribution < 1.29 is 13.2 Å². The summed E-state index contributed by atoms with van der Waals surface area (Å²) in [5.41, 5.74) is 5.38. The SMILES string of the molecule is NCC1(c2cccnc2F)CCC(F)(F)CC1. The molecule has 0 saturated heterocycles. The smallest absolute Gasteiger partial charge is 0.248 e. The number of hydrogen-bond donors (Lipinski definition) is 1. The average Bonchev–Trinajstić information content (AvgIpc) is 2.31. The zero-order valence-electron chi connectivity index (χ0n) is 9.43. The van der Waals surface area contributed by atoms with Gasteiger partial charge in [0.15, 0.2) is 0 Å². The molecule has 1 saturated carbocycles. The summed E-state index contributed by atoms with van der Waals surface area (Å²) in [7, 11) is 0. The van der Waals surface area contributed by atoms with Gasteiger partial charge in [-0.05, 0) is 18.9 Å². The number of nitrogens with two attached hydrogens (primary N) is 1. The fourth-order valence-corrected chi connectivity index (χ4v) is 2.46. The van der Waals surface area contributed by atoms with Crippen molar-refractivity contribution in [2.45, 2.75) is 37.0 Å². The van der Waals surface area contributed by atoms with Crippen molar-refractivity contribution in [3.8, 4) is 0 Å². The first-order valence-electron chi connectivity index (χ1n) is 5.68. The van der Waals surface area contributed by atoms with E-state index < -0.39 is 17.3 Å². The molecule has 2 nitrogen and oxygen atoms in total. The van der Waals surface area contributed by atoms with Crippen molar-refractivity contribution in [3.63, 3.8) is 0 Å². The Morgan fingerprint density at radius 1 is 1.24 bits per heavy atom. The molecule has 1 aliphatic rings. The van der Waals surface area contributed by atoms with Gasteiger partial charge in [-0.3, -0.25) is 0 Å². The van der Waals surface area contributed by atoms with E-state index in [-0.39, 0.29) is 32.2 Å². The van der Waals surface area contributed by atoms with Crippen molar-refractivity contribution in [1.82, 2.24) is 4.98 Å². The summed E-state index contributed by atoms with van der Waals surface area (Å²) >= 11 is 0. The van der Waals surface area contributed by atoms with Crippen LogP contribution in [0.5, 0.6) is 0 Å². The molecule has 17 heavy (non-hydrogen) atoms. The van der Waals surface area contributed by atoms with Crippen LogP contribution in [0.4, 0.5) is 13.2 Å². The lowest BCUT2D eigenvalue weighted by Gasteiger charge is -2.39. The minimum absolute atomic E-state index is 0.172. The van der Waals surface area contributed by atoms with Gasteiger partial charge in [-0.1, -0.05) is 6.07 Å². The fraction of sp³-hybridized carbons (Fsp3) is 0.583. The van der Waals surface area contributed by atoms with Gasteiger partial charge in [-0.2, -0.15) is 4.39 Å².